The molecule has 0 spiro atoms. The molecule has 3 heteroatoms. The Morgan fingerprint density at radius 3 is 1.74 bits per heavy atom. The summed E-state index contributed by atoms with van der Waals surface area (Å²) >= 11 is 0. The second-order valence-corrected chi connectivity index (χ2v) is 6.65. The summed E-state index contributed by atoms with van der Waals surface area (Å²) < 4.78 is 5.23. The van der Waals surface area contributed by atoms with E-state index in [-0.39, 0.29) is 0 Å². The predicted octanol–water partition coefficient (Wildman–Crippen LogP) is 5.32. The van der Waals surface area contributed by atoms with Crippen molar-refractivity contribution in [2.24, 2.45) is 5.10 Å². The molecule has 3 aromatic rings. The molecular weight excluding hydrogens is 332 g/mol. The van der Waals surface area contributed by atoms with Gasteiger partial charge in [-0.25, -0.2) is 0 Å². The van der Waals surface area contributed by atoms with Crippen LogP contribution in [0.4, 0.5) is 0 Å². The fraction of sp³-hybridized carbons (Fsp3) is 0.208. The Kier molecular flexibility index (Phi) is 6.64. The van der Waals surface area contributed by atoms with E-state index in [1.54, 1.807) is 7.11 Å². The number of benzene rings is 3. The largest absolute Gasteiger partial charge is 0.497 e. The number of ether oxygens (including phenoxy) is 1. The summed E-state index contributed by atoms with van der Waals surface area (Å²) in [6.07, 6.45) is 0.823. The Bertz CT molecular complexity index is 801. The van der Waals surface area contributed by atoms with Crippen LogP contribution >= 0.6 is 0 Å². The zero-order chi connectivity index (χ0) is 18.9. The average molecular weight is 358 g/mol. The highest BCUT2D eigenvalue weighted by Crippen LogP contribution is 2.14. The number of methoxy groups -OCH3 is 1. The molecule has 0 atom stereocenters. The first-order valence-corrected chi connectivity index (χ1v) is 9.23. The van der Waals surface area contributed by atoms with Crippen molar-refractivity contribution in [2.45, 2.75) is 26.4 Å². The topological polar surface area (TPSA) is 24.8 Å². The monoisotopic (exact) mass is 358 g/mol. The van der Waals surface area contributed by atoms with Crippen LogP contribution in [-0.2, 0) is 19.5 Å². The van der Waals surface area contributed by atoms with Gasteiger partial charge in [-0.05, 0) is 35.7 Å². The summed E-state index contributed by atoms with van der Waals surface area (Å²) in [6.45, 7) is 3.67. The smallest absolute Gasteiger partial charge is 0.118 e. The van der Waals surface area contributed by atoms with Crippen LogP contribution in [0.1, 0.15) is 23.6 Å². The molecule has 0 saturated heterocycles. The molecule has 27 heavy (non-hydrogen) atoms. The van der Waals surface area contributed by atoms with Crippen LogP contribution in [0.5, 0.6) is 5.75 Å². The fourth-order valence-corrected chi connectivity index (χ4v) is 3.03. The Morgan fingerprint density at radius 2 is 1.26 bits per heavy atom. The minimum atomic E-state index is 0.787. The van der Waals surface area contributed by atoms with Crippen LogP contribution in [0, 0.1) is 0 Å². The molecule has 0 amide bonds. The van der Waals surface area contributed by atoms with Crippen molar-refractivity contribution in [1.29, 1.82) is 0 Å². The Morgan fingerprint density at radius 1 is 0.741 bits per heavy atom. The first-order valence-electron chi connectivity index (χ1n) is 9.23. The molecule has 3 rings (SSSR count). The zero-order valence-corrected chi connectivity index (χ0v) is 16.0. The predicted molar refractivity (Wildman–Crippen MR) is 112 cm³/mol. The first-order chi connectivity index (χ1) is 13.2. The van der Waals surface area contributed by atoms with E-state index >= 15 is 0 Å². The van der Waals surface area contributed by atoms with Gasteiger partial charge in [0, 0.05) is 12.1 Å². The van der Waals surface area contributed by atoms with Crippen molar-refractivity contribution in [2.75, 3.05) is 7.11 Å². The third kappa shape index (κ3) is 6.00. The van der Waals surface area contributed by atoms with Crippen molar-refractivity contribution < 1.29 is 4.74 Å². The molecule has 0 aliphatic heterocycles. The molecule has 0 aliphatic carbocycles. The lowest BCUT2D eigenvalue weighted by Gasteiger charge is -2.21. The van der Waals surface area contributed by atoms with Gasteiger partial charge in [-0.1, -0.05) is 72.8 Å². The first kappa shape index (κ1) is 18.7. The Labute approximate surface area is 161 Å². The molecular formula is C24H26N2O. The van der Waals surface area contributed by atoms with E-state index in [1.165, 1.54) is 16.7 Å². The highest BCUT2D eigenvalue weighted by molar-refractivity contribution is 5.83. The lowest BCUT2D eigenvalue weighted by Crippen LogP contribution is -2.19. The number of hydrazone groups is 1. The molecule has 0 radical (unpaired) electrons. The van der Waals surface area contributed by atoms with Gasteiger partial charge in [0.1, 0.15) is 5.75 Å². The Hall–Kier alpha value is -3.07. The maximum atomic E-state index is 5.23. The van der Waals surface area contributed by atoms with Crippen molar-refractivity contribution in [3.8, 4) is 5.75 Å². The highest BCUT2D eigenvalue weighted by Gasteiger charge is 2.06. The molecule has 3 nitrogen and oxygen atoms in total. The zero-order valence-electron chi connectivity index (χ0n) is 16.0. The van der Waals surface area contributed by atoms with Crippen LogP contribution in [0.15, 0.2) is 90.0 Å². The molecule has 0 fully saturated rings. The number of hydrogen-bond donors (Lipinski definition) is 0. The van der Waals surface area contributed by atoms with Crippen molar-refractivity contribution >= 4 is 5.71 Å². The SMILES string of the molecule is COc1ccc(C/C(C)=N\N(Cc2ccccc2)Cc2ccccc2)cc1. The van der Waals surface area contributed by atoms with Gasteiger partial charge in [-0.2, -0.15) is 5.10 Å². The van der Waals surface area contributed by atoms with Gasteiger partial charge in [0.2, 0.25) is 0 Å². The number of nitrogens with zero attached hydrogens (tertiary/aromatic N) is 2. The number of hydrogen-bond acceptors (Lipinski definition) is 3. The van der Waals surface area contributed by atoms with Crippen molar-refractivity contribution in [3.63, 3.8) is 0 Å². The molecule has 0 saturated carbocycles. The van der Waals surface area contributed by atoms with Gasteiger partial charge in [0.05, 0.1) is 20.2 Å². The van der Waals surface area contributed by atoms with E-state index in [0.717, 1.165) is 31.0 Å². The normalized spacial score (nSPS) is 11.3. The van der Waals surface area contributed by atoms with Crippen LogP contribution < -0.4 is 4.74 Å². The van der Waals surface area contributed by atoms with Crippen molar-refractivity contribution in [3.05, 3.63) is 102 Å². The van der Waals surface area contributed by atoms with E-state index in [2.05, 4.69) is 72.6 Å². The fourth-order valence-electron chi connectivity index (χ4n) is 3.03. The minimum absolute atomic E-state index is 0.787. The quantitative estimate of drug-likeness (QED) is 0.402. The van der Waals surface area contributed by atoms with Gasteiger partial charge >= 0.3 is 0 Å². The molecule has 0 bridgehead atoms. The third-order valence-corrected chi connectivity index (χ3v) is 4.35. The molecule has 0 N–H and O–H groups in total. The van der Waals surface area contributed by atoms with Gasteiger partial charge < -0.3 is 4.74 Å². The highest BCUT2D eigenvalue weighted by atomic mass is 16.5. The van der Waals surface area contributed by atoms with E-state index in [1.807, 2.05) is 24.3 Å². The molecule has 0 heterocycles. The lowest BCUT2D eigenvalue weighted by molar-refractivity contribution is 0.270. The summed E-state index contributed by atoms with van der Waals surface area (Å²) in [5.74, 6) is 0.878. The van der Waals surface area contributed by atoms with E-state index < -0.39 is 0 Å². The summed E-state index contributed by atoms with van der Waals surface area (Å²) in [6, 6.07) is 29.1. The van der Waals surface area contributed by atoms with Gasteiger partial charge in [0.25, 0.3) is 0 Å². The van der Waals surface area contributed by atoms with E-state index in [9.17, 15) is 0 Å². The van der Waals surface area contributed by atoms with E-state index in [0.29, 0.717) is 0 Å². The number of rotatable bonds is 8. The molecule has 0 aromatic heterocycles. The van der Waals surface area contributed by atoms with Gasteiger partial charge in [-0.3, -0.25) is 5.01 Å². The lowest BCUT2D eigenvalue weighted by atomic mass is 10.1. The maximum absolute atomic E-state index is 5.23. The summed E-state index contributed by atoms with van der Waals surface area (Å²) in [5.41, 5.74) is 4.84. The Balaban J connectivity index is 1.74. The molecule has 0 aliphatic rings. The van der Waals surface area contributed by atoms with Gasteiger partial charge in [-0.15, -0.1) is 0 Å². The average Bonchev–Trinajstić information content (AvgIpc) is 2.70. The third-order valence-electron chi connectivity index (χ3n) is 4.35. The maximum Gasteiger partial charge on any atom is 0.118 e. The van der Waals surface area contributed by atoms with Crippen molar-refractivity contribution in [1.82, 2.24) is 5.01 Å². The summed E-state index contributed by atoms with van der Waals surface area (Å²) in [5, 5.41) is 7.07. The van der Waals surface area contributed by atoms with Crippen LogP contribution in [0.3, 0.4) is 0 Å². The minimum Gasteiger partial charge on any atom is -0.497 e. The van der Waals surface area contributed by atoms with Crippen LogP contribution in [-0.4, -0.2) is 17.8 Å². The second-order valence-electron chi connectivity index (χ2n) is 6.65. The summed E-state index contributed by atoms with van der Waals surface area (Å²) in [7, 11) is 1.69. The second kappa shape index (κ2) is 9.58. The van der Waals surface area contributed by atoms with Gasteiger partial charge in [0.15, 0.2) is 0 Å². The van der Waals surface area contributed by atoms with Crippen LogP contribution in [0.25, 0.3) is 0 Å². The van der Waals surface area contributed by atoms with E-state index in [4.69, 9.17) is 9.84 Å². The standard InChI is InChI=1S/C24H26N2O/c1-20(17-21-13-15-24(27-2)16-14-21)25-26(18-22-9-5-3-6-10-22)19-23-11-7-4-8-12-23/h3-16H,17-19H2,1-2H3/b25-20-. The summed E-state index contributed by atoms with van der Waals surface area (Å²) in [4.78, 5) is 0. The molecule has 3 aromatic carbocycles. The van der Waals surface area contributed by atoms with Crippen LogP contribution in [0.2, 0.25) is 0 Å². The molecule has 138 valence electrons. The molecule has 0 unspecified atom stereocenters.